The highest BCUT2D eigenvalue weighted by Crippen LogP contribution is 2.54. The van der Waals surface area contributed by atoms with E-state index in [2.05, 4.69) is 19.9 Å². The molecule has 2 rings (SSSR count). The van der Waals surface area contributed by atoms with Crippen LogP contribution in [0.1, 0.15) is 39.5 Å². The molecule has 0 spiro atoms. The molecule has 0 saturated heterocycles. The van der Waals surface area contributed by atoms with Crippen molar-refractivity contribution < 1.29 is 0 Å². The average molecular weight is 163 g/mol. The van der Waals surface area contributed by atoms with Crippen LogP contribution in [0.2, 0.25) is 0 Å². The van der Waals surface area contributed by atoms with Crippen LogP contribution in [0.15, 0.2) is 0 Å². The Bertz CT molecular complexity index is 224. The fourth-order valence-electron chi connectivity index (χ4n) is 3.26. The van der Waals surface area contributed by atoms with Crippen LogP contribution < -0.4 is 0 Å². The minimum Gasteiger partial charge on any atom is -0.198 e. The van der Waals surface area contributed by atoms with Crippen molar-refractivity contribution in [3.05, 3.63) is 0 Å². The maximum absolute atomic E-state index is 8.87. The van der Waals surface area contributed by atoms with Gasteiger partial charge in [0.2, 0.25) is 0 Å². The summed E-state index contributed by atoms with van der Waals surface area (Å²) in [6.07, 6.45) is 5.09. The smallest absolute Gasteiger partial charge is 0.0655 e. The van der Waals surface area contributed by atoms with E-state index in [-0.39, 0.29) is 0 Å². The molecule has 12 heavy (non-hydrogen) atoms. The first kappa shape index (κ1) is 8.10. The molecule has 0 aromatic rings. The van der Waals surface area contributed by atoms with Gasteiger partial charge in [-0.05, 0) is 42.9 Å². The van der Waals surface area contributed by atoms with Crippen molar-refractivity contribution in [1.82, 2.24) is 0 Å². The topological polar surface area (TPSA) is 23.8 Å². The number of fused-ring (bicyclic) bond motifs is 2. The summed E-state index contributed by atoms with van der Waals surface area (Å²) in [6, 6.07) is 2.44. The van der Waals surface area contributed by atoms with Gasteiger partial charge in [-0.3, -0.25) is 0 Å². The quantitative estimate of drug-likeness (QED) is 0.538. The lowest BCUT2D eigenvalue weighted by molar-refractivity contribution is 0.223. The molecule has 66 valence electrons. The second-order valence-electron chi connectivity index (χ2n) is 5.29. The molecule has 3 atom stereocenters. The highest BCUT2D eigenvalue weighted by molar-refractivity contribution is 5.00. The lowest BCUT2D eigenvalue weighted by atomic mass is 9.76. The van der Waals surface area contributed by atoms with Gasteiger partial charge in [-0.25, -0.2) is 0 Å². The maximum Gasteiger partial charge on any atom is 0.0655 e. The maximum atomic E-state index is 8.87. The van der Waals surface area contributed by atoms with Crippen molar-refractivity contribution in [3.8, 4) is 6.07 Å². The number of rotatable bonds is 0. The zero-order valence-electron chi connectivity index (χ0n) is 8.01. The Hall–Kier alpha value is -0.510. The van der Waals surface area contributed by atoms with Gasteiger partial charge in [0.1, 0.15) is 0 Å². The van der Waals surface area contributed by atoms with Crippen LogP contribution in [-0.4, -0.2) is 0 Å². The Labute approximate surface area is 74.8 Å². The molecule has 2 aliphatic rings. The molecule has 2 fully saturated rings. The van der Waals surface area contributed by atoms with E-state index in [0.29, 0.717) is 11.3 Å². The number of hydrogen-bond donors (Lipinski definition) is 0. The van der Waals surface area contributed by atoms with Gasteiger partial charge < -0.3 is 0 Å². The Morgan fingerprint density at radius 1 is 1.25 bits per heavy atom. The van der Waals surface area contributed by atoms with E-state index in [0.717, 1.165) is 11.8 Å². The van der Waals surface area contributed by atoms with Crippen LogP contribution in [0, 0.1) is 34.5 Å². The summed E-state index contributed by atoms with van der Waals surface area (Å²) < 4.78 is 0. The Morgan fingerprint density at radius 3 is 2.58 bits per heavy atom. The Kier molecular flexibility index (Phi) is 1.68. The summed E-state index contributed by atoms with van der Waals surface area (Å²) >= 11 is 0. The first-order valence-electron chi connectivity index (χ1n) is 5.01. The fraction of sp³-hybridized carbons (Fsp3) is 0.909. The SMILES string of the molecule is CC1(C)CC2CC(C#N)CC1C2. The predicted molar refractivity (Wildman–Crippen MR) is 48.3 cm³/mol. The van der Waals surface area contributed by atoms with E-state index in [1.807, 2.05) is 0 Å². The molecule has 0 amide bonds. The molecule has 3 unspecified atom stereocenters. The number of hydrogen-bond acceptors (Lipinski definition) is 1. The van der Waals surface area contributed by atoms with Gasteiger partial charge in [0.15, 0.2) is 0 Å². The van der Waals surface area contributed by atoms with Crippen molar-refractivity contribution in [2.75, 3.05) is 0 Å². The molecule has 2 aliphatic carbocycles. The second-order valence-corrected chi connectivity index (χ2v) is 5.29. The Morgan fingerprint density at radius 2 is 2.00 bits per heavy atom. The lowest BCUT2D eigenvalue weighted by Crippen LogP contribution is -2.20. The first-order chi connectivity index (χ1) is 5.62. The zero-order valence-corrected chi connectivity index (χ0v) is 8.01. The van der Waals surface area contributed by atoms with E-state index in [9.17, 15) is 0 Å². The van der Waals surface area contributed by atoms with Crippen LogP contribution in [-0.2, 0) is 0 Å². The van der Waals surface area contributed by atoms with Gasteiger partial charge in [0.25, 0.3) is 0 Å². The predicted octanol–water partition coefficient (Wildman–Crippen LogP) is 2.97. The molecular weight excluding hydrogens is 146 g/mol. The molecular formula is C11H17N. The third kappa shape index (κ3) is 1.14. The fourth-order valence-corrected chi connectivity index (χ4v) is 3.26. The minimum atomic E-state index is 0.371. The number of nitriles is 1. The number of nitrogens with zero attached hydrogens (tertiary/aromatic N) is 1. The van der Waals surface area contributed by atoms with E-state index in [1.54, 1.807) is 0 Å². The van der Waals surface area contributed by atoms with Crippen LogP contribution in [0.25, 0.3) is 0 Å². The minimum absolute atomic E-state index is 0.371. The second kappa shape index (κ2) is 2.49. The standard InChI is InChI=1S/C11H17N/c1-11(2)6-8-3-9(7-12)5-10(11)4-8/h8-10H,3-6H2,1-2H3. The van der Waals surface area contributed by atoms with Crippen molar-refractivity contribution in [1.29, 1.82) is 5.26 Å². The van der Waals surface area contributed by atoms with E-state index >= 15 is 0 Å². The third-order valence-corrected chi connectivity index (χ3v) is 3.91. The van der Waals surface area contributed by atoms with Crippen LogP contribution in [0.5, 0.6) is 0 Å². The van der Waals surface area contributed by atoms with E-state index < -0.39 is 0 Å². The third-order valence-electron chi connectivity index (χ3n) is 3.91. The van der Waals surface area contributed by atoms with Crippen molar-refractivity contribution in [2.24, 2.45) is 23.2 Å². The van der Waals surface area contributed by atoms with Gasteiger partial charge in [-0.2, -0.15) is 5.26 Å². The summed E-state index contributed by atoms with van der Waals surface area (Å²) in [5.41, 5.74) is 0.524. The summed E-state index contributed by atoms with van der Waals surface area (Å²) in [5, 5.41) is 8.87. The van der Waals surface area contributed by atoms with Gasteiger partial charge in [-0.15, -0.1) is 0 Å². The molecule has 1 nitrogen and oxygen atoms in total. The largest absolute Gasteiger partial charge is 0.198 e. The monoisotopic (exact) mass is 163 g/mol. The van der Waals surface area contributed by atoms with Gasteiger partial charge >= 0.3 is 0 Å². The van der Waals surface area contributed by atoms with Crippen molar-refractivity contribution in [3.63, 3.8) is 0 Å². The summed E-state index contributed by atoms with van der Waals surface area (Å²) in [4.78, 5) is 0. The molecule has 2 saturated carbocycles. The molecule has 0 radical (unpaired) electrons. The van der Waals surface area contributed by atoms with Crippen LogP contribution in [0.3, 0.4) is 0 Å². The zero-order chi connectivity index (χ0) is 8.77. The Balaban J connectivity index is 2.14. The van der Waals surface area contributed by atoms with Crippen molar-refractivity contribution >= 4 is 0 Å². The molecule has 1 heteroatoms. The molecule has 0 N–H and O–H groups in total. The van der Waals surface area contributed by atoms with Gasteiger partial charge in [0.05, 0.1) is 6.07 Å². The normalized spacial score (nSPS) is 43.9. The summed E-state index contributed by atoms with van der Waals surface area (Å²) in [7, 11) is 0. The highest BCUT2D eigenvalue weighted by atomic mass is 14.5. The van der Waals surface area contributed by atoms with Gasteiger partial charge in [-0.1, -0.05) is 13.8 Å². The molecule has 2 bridgehead atoms. The van der Waals surface area contributed by atoms with E-state index in [4.69, 9.17) is 5.26 Å². The lowest BCUT2D eigenvalue weighted by Gasteiger charge is -2.28. The summed E-state index contributed by atoms with van der Waals surface area (Å²) in [6.45, 7) is 4.74. The molecule has 0 heterocycles. The van der Waals surface area contributed by atoms with Crippen LogP contribution >= 0.6 is 0 Å². The van der Waals surface area contributed by atoms with E-state index in [1.165, 1.54) is 25.7 Å². The van der Waals surface area contributed by atoms with Gasteiger partial charge in [0, 0.05) is 5.92 Å². The first-order valence-corrected chi connectivity index (χ1v) is 5.01. The average Bonchev–Trinajstić information content (AvgIpc) is 2.21. The summed E-state index contributed by atoms with van der Waals surface area (Å²) in [5.74, 6) is 2.07. The molecule has 0 aromatic heterocycles. The molecule has 0 aromatic carbocycles. The highest BCUT2D eigenvalue weighted by Gasteiger charge is 2.45. The van der Waals surface area contributed by atoms with Crippen molar-refractivity contribution in [2.45, 2.75) is 39.5 Å². The molecule has 0 aliphatic heterocycles. The van der Waals surface area contributed by atoms with Crippen LogP contribution in [0.4, 0.5) is 0 Å².